The van der Waals surface area contributed by atoms with E-state index in [2.05, 4.69) is 39.7 Å². The second-order valence-electron chi connectivity index (χ2n) is 8.68. The van der Waals surface area contributed by atoms with Gasteiger partial charge in [-0.3, -0.25) is 4.98 Å². The van der Waals surface area contributed by atoms with Crippen molar-refractivity contribution in [2.45, 2.75) is 25.9 Å². The molecule has 184 valence electrons. The van der Waals surface area contributed by atoms with Crippen LogP contribution in [0.15, 0.2) is 72.9 Å². The van der Waals surface area contributed by atoms with E-state index in [4.69, 9.17) is 33.3 Å². The number of rotatable bonds is 6. The third-order valence-electron chi connectivity index (χ3n) is 6.60. The fourth-order valence-corrected chi connectivity index (χ4v) is 5.52. The minimum absolute atomic E-state index is 0.148. The number of pyridine rings is 1. The quantitative estimate of drug-likeness (QED) is 0.301. The number of anilines is 1. The molecule has 3 heterocycles. The van der Waals surface area contributed by atoms with Gasteiger partial charge in [0.2, 0.25) is 0 Å². The van der Waals surface area contributed by atoms with E-state index in [9.17, 15) is 0 Å². The lowest BCUT2D eigenvalue weighted by atomic mass is 9.96. The van der Waals surface area contributed by atoms with Crippen LogP contribution < -0.4 is 19.7 Å². The molecule has 4 aromatic rings. The molecule has 8 heteroatoms. The first kappa shape index (κ1) is 24.2. The number of aryl methyl sites for hydroxylation is 1. The number of methoxy groups -OCH3 is 2. The molecule has 36 heavy (non-hydrogen) atoms. The van der Waals surface area contributed by atoms with Crippen LogP contribution in [0.2, 0.25) is 5.02 Å². The van der Waals surface area contributed by atoms with E-state index < -0.39 is 0 Å². The van der Waals surface area contributed by atoms with Crippen LogP contribution in [0, 0.1) is 13.8 Å². The SMILES string of the molecule is COc1cccc(N2C(=S)N[C@H](c3ccccn3)[C@H]2c2cc(C)n(-c3cc(Cl)ccc3OC)c2C)c1. The van der Waals surface area contributed by atoms with E-state index in [1.54, 1.807) is 14.2 Å². The smallest absolute Gasteiger partial charge is 0.174 e. The van der Waals surface area contributed by atoms with Gasteiger partial charge in [0, 0.05) is 34.4 Å². The molecule has 1 fully saturated rings. The molecule has 2 aromatic carbocycles. The molecular weight excluding hydrogens is 492 g/mol. The number of aromatic nitrogens is 2. The molecular formula is C28H27ClN4O2S. The standard InChI is InChI=1S/C28H27ClN4O2S/c1-17-14-22(18(2)32(17)24-15-19(29)11-12-25(24)35-4)27-26(23-10-5-6-13-30-23)31-28(36)33(27)20-8-7-9-21(16-20)34-3/h5-16,26-27H,1-4H3,(H,31,36)/t26-,27-/m1/s1. The Balaban J connectivity index is 1.70. The van der Waals surface area contributed by atoms with Crippen LogP contribution in [-0.4, -0.2) is 28.9 Å². The molecule has 0 radical (unpaired) electrons. The number of halogens is 1. The zero-order valence-corrected chi connectivity index (χ0v) is 22.1. The lowest BCUT2D eigenvalue weighted by molar-refractivity contribution is 0.412. The van der Waals surface area contributed by atoms with Gasteiger partial charge >= 0.3 is 0 Å². The number of hydrogen-bond acceptors (Lipinski definition) is 4. The molecule has 6 nitrogen and oxygen atoms in total. The average Bonchev–Trinajstić information content (AvgIpc) is 3.39. The van der Waals surface area contributed by atoms with Crippen LogP contribution in [0.5, 0.6) is 11.5 Å². The second kappa shape index (κ2) is 9.84. The maximum atomic E-state index is 6.39. The fraction of sp³-hybridized carbons (Fsp3) is 0.214. The summed E-state index contributed by atoms with van der Waals surface area (Å²) in [5, 5.41) is 4.81. The minimum Gasteiger partial charge on any atom is -0.497 e. The zero-order chi connectivity index (χ0) is 25.4. The van der Waals surface area contributed by atoms with Crippen LogP contribution in [0.25, 0.3) is 5.69 Å². The monoisotopic (exact) mass is 518 g/mol. The molecule has 0 spiro atoms. The zero-order valence-electron chi connectivity index (χ0n) is 20.5. The van der Waals surface area contributed by atoms with E-state index >= 15 is 0 Å². The van der Waals surface area contributed by atoms with Gasteiger partial charge in [-0.05, 0) is 80.2 Å². The van der Waals surface area contributed by atoms with Gasteiger partial charge in [0.15, 0.2) is 5.11 Å². The van der Waals surface area contributed by atoms with Gasteiger partial charge in [0.25, 0.3) is 0 Å². The number of nitrogens with zero attached hydrogens (tertiary/aromatic N) is 3. The van der Waals surface area contributed by atoms with Gasteiger partial charge < -0.3 is 24.3 Å². The number of benzene rings is 2. The summed E-state index contributed by atoms with van der Waals surface area (Å²) in [6, 6.07) is 21.5. The van der Waals surface area contributed by atoms with Gasteiger partial charge in [0.1, 0.15) is 11.5 Å². The van der Waals surface area contributed by atoms with Crippen molar-refractivity contribution < 1.29 is 9.47 Å². The van der Waals surface area contributed by atoms with Gasteiger partial charge in [0.05, 0.1) is 37.7 Å². The van der Waals surface area contributed by atoms with Crippen molar-refractivity contribution in [1.82, 2.24) is 14.9 Å². The van der Waals surface area contributed by atoms with Crippen molar-refractivity contribution in [3.8, 4) is 17.2 Å². The van der Waals surface area contributed by atoms with Crippen LogP contribution in [0.1, 0.15) is 34.7 Å². The van der Waals surface area contributed by atoms with Crippen molar-refractivity contribution in [3.63, 3.8) is 0 Å². The summed E-state index contributed by atoms with van der Waals surface area (Å²) < 4.78 is 13.4. The first-order valence-electron chi connectivity index (χ1n) is 11.6. The molecule has 1 aliphatic rings. The molecule has 0 saturated carbocycles. The molecule has 2 aromatic heterocycles. The Kier molecular flexibility index (Phi) is 6.60. The predicted octanol–water partition coefficient (Wildman–Crippen LogP) is 6.34. The molecule has 1 N–H and O–H groups in total. The summed E-state index contributed by atoms with van der Waals surface area (Å²) in [5.41, 5.74) is 6.01. The lowest BCUT2D eigenvalue weighted by Gasteiger charge is -2.28. The minimum atomic E-state index is -0.153. The summed E-state index contributed by atoms with van der Waals surface area (Å²) in [5.74, 6) is 1.52. The summed E-state index contributed by atoms with van der Waals surface area (Å²) in [4.78, 5) is 6.82. The maximum Gasteiger partial charge on any atom is 0.174 e. The molecule has 0 amide bonds. The summed E-state index contributed by atoms with van der Waals surface area (Å²) in [6.45, 7) is 4.20. The Bertz CT molecular complexity index is 1420. The summed E-state index contributed by atoms with van der Waals surface area (Å²) in [6.07, 6.45) is 1.81. The Morgan fingerprint density at radius 1 is 0.972 bits per heavy atom. The Morgan fingerprint density at radius 2 is 1.81 bits per heavy atom. The van der Waals surface area contributed by atoms with E-state index in [0.717, 1.165) is 45.5 Å². The van der Waals surface area contributed by atoms with Crippen molar-refractivity contribution in [3.05, 3.63) is 101 Å². The van der Waals surface area contributed by atoms with Crippen molar-refractivity contribution in [2.24, 2.45) is 0 Å². The first-order valence-corrected chi connectivity index (χ1v) is 12.4. The highest BCUT2D eigenvalue weighted by Gasteiger charge is 2.42. The predicted molar refractivity (Wildman–Crippen MR) is 148 cm³/mol. The molecule has 0 unspecified atom stereocenters. The molecule has 0 aliphatic carbocycles. The topological polar surface area (TPSA) is 51.5 Å². The Hall–Kier alpha value is -3.55. The Labute approximate surface area is 221 Å². The van der Waals surface area contributed by atoms with Gasteiger partial charge in [-0.25, -0.2) is 0 Å². The number of ether oxygens (including phenoxy) is 2. The average molecular weight is 519 g/mol. The van der Waals surface area contributed by atoms with Crippen LogP contribution >= 0.6 is 23.8 Å². The van der Waals surface area contributed by atoms with Crippen LogP contribution in [-0.2, 0) is 0 Å². The van der Waals surface area contributed by atoms with Gasteiger partial charge in [-0.2, -0.15) is 0 Å². The highest BCUT2D eigenvalue weighted by Crippen LogP contribution is 2.44. The second-order valence-corrected chi connectivity index (χ2v) is 9.50. The normalized spacial score (nSPS) is 17.2. The van der Waals surface area contributed by atoms with E-state index in [0.29, 0.717) is 10.1 Å². The number of thiocarbonyl (C=S) groups is 1. The third kappa shape index (κ3) is 4.18. The molecule has 1 aliphatic heterocycles. The lowest BCUT2D eigenvalue weighted by Crippen LogP contribution is -2.29. The highest BCUT2D eigenvalue weighted by atomic mass is 35.5. The maximum absolute atomic E-state index is 6.39. The van der Waals surface area contributed by atoms with Crippen molar-refractivity contribution in [1.29, 1.82) is 0 Å². The Morgan fingerprint density at radius 3 is 2.53 bits per heavy atom. The van der Waals surface area contributed by atoms with E-state index in [1.165, 1.54) is 0 Å². The van der Waals surface area contributed by atoms with Crippen LogP contribution in [0.4, 0.5) is 5.69 Å². The first-order chi connectivity index (χ1) is 17.4. The fourth-order valence-electron chi connectivity index (χ4n) is 5.00. The van der Waals surface area contributed by atoms with Crippen molar-refractivity contribution >= 4 is 34.6 Å². The van der Waals surface area contributed by atoms with Crippen LogP contribution in [0.3, 0.4) is 0 Å². The van der Waals surface area contributed by atoms with Gasteiger partial charge in [-0.15, -0.1) is 0 Å². The molecule has 1 saturated heterocycles. The summed E-state index contributed by atoms with van der Waals surface area (Å²) in [7, 11) is 3.34. The van der Waals surface area contributed by atoms with E-state index in [-0.39, 0.29) is 12.1 Å². The molecule has 5 rings (SSSR count). The molecule has 2 atom stereocenters. The van der Waals surface area contributed by atoms with E-state index in [1.807, 2.05) is 66.9 Å². The number of nitrogens with one attached hydrogen (secondary N) is 1. The number of hydrogen-bond donors (Lipinski definition) is 1. The highest BCUT2D eigenvalue weighted by molar-refractivity contribution is 7.80. The summed E-state index contributed by atoms with van der Waals surface area (Å²) >= 11 is 12.3. The van der Waals surface area contributed by atoms with Crippen molar-refractivity contribution in [2.75, 3.05) is 19.1 Å². The third-order valence-corrected chi connectivity index (χ3v) is 7.15. The largest absolute Gasteiger partial charge is 0.497 e. The van der Waals surface area contributed by atoms with Gasteiger partial charge in [-0.1, -0.05) is 23.7 Å². The molecule has 0 bridgehead atoms.